The molecule has 0 saturated carbocycles. The van der Waals surface area contributed by atoms with Gasteiger partial charge in [-0.25, -0.2) is 9.79 Å². The Kier molecular flexibility index (Phi) is 5.30. The number of aliphatic imine (C=N–C) groups is 1. The number of amides is 2. The maximum absolute atomic E-state index is 13.1. The van der Waals surface area contributed by atoms with Gasteiger partial charge >= 0.3 is 6.09 Å². The summed E-state index contributed by atoms with van der Waals surface area (Å²) in [5.74, 6) is -0.477. The monoisotopic (exact) mass is 399 g/mol. The first-order valence-electron chi connectivity index (χ1n) is 9.62. The third-order valence-corrected chi connectivity index (χ3v) is 5.05. The van der Waals surface area contributed by atoms with Crippen molar-refractivity contribution in [3.05, 3.63) is 101 Å². The number of carboxylic acid groups (broad SMARTS) is 1. The van der Waals surface area contributed by atoms with Gasteiger partial charge in [-0.2, -0.15) is 0 Å². The Hall–Kier alpha value is -3.93. The summed E-state index contributed by atoms with van der Waals surface area (Å²) < 4.78 is 0. The third kappa shape index (κ3) is 3.80. The van der Waals surface area contributed by atoms with Crippen molar-refractivity contribution >= 4 is 23.4 Å². The van der Waals surface area contributed by atoms with E-state index in [4.69, 9.17) is 0 Å². The molecule has 1 aliphatic heterocycles. The highest BCUT2D eigenvalue weighted by molar-refractivity contribution is 6.20. The molecule has 1 atom stereocenters. The fraction of sp³-hybridized carbons (Fsp3) is 0.125. The molecule has 0 aliphatic carbocycles. The summed E-state index contributed by atoms with van der Waals surface area (Å²) in [7, 11) is 0. The lowest BCUT2D eigenvalue weighted by Crippen LogP contribution is -2.45. The molecule has 6 heteroatoms. The fourth-order valence-corrected chi connectivity index (χ4v) is 3.55. The second-order valence-corrected chi connectivity index (χ2v) is 7.10. The van der Waals surface area contributed by atoms with Crippen molar-refractivity contribution in [3.63, 3.8) is 0 Å². The van der Waals surface area contributed by atoms with Crippen molar-refractivity contribution in [1.29, 1.82) is 0 Å². The molecule has 2 amide bonds. The number of rotatable bonds is 4. The summed E-state index contributed by atoms with van der Waals surface area (Å²) in [6.45, 7) is 1.95. The zero-order chi connectivity index (χ0) is 21.1. The first kappa shape index (κ1) is 19.4. The number of nitrogens with one attached hydrogen (secondary N) is 1. The van der Waals surface area contributed by atoms with Gasteiger partial charge in [-0.3, -0.25) is 9.69 Å². The summed E-state index contributed by atoms with van der Waals surface area (Å²) in [4.78, 5) is 31.0. The number of fused-ring (bicyclic) bond motifs is 1. The van der Waals surface area contributed by atoms with Crippen LogP contribution in [0.2, 0.25) is 0 Å². The van der Waals surface area contributed by atoms with Crippen LogP contribution in [0, 0.1) is 6.92 Å². The summed E-state index contributed by atoms with van der Waals surface area (Å²) in [5.41, 5.74) is 4.48. The minimum Gasteiger partial charge on any atom is -0.465 e. The Balaban J connectivity index is 1.84. The van der Waals surface area contributed by atoms with Crippen molar-refractivity contribution in [2.45, 2.75) is 19.6 Å². The zero-order valence-corrected chi connectivity index (χ0v) is 16.4. The van der Waals surface area contributed by atoms with E-state index in [2.05, 4.69) is 10.3 Å². The van der Waals surface area contributed by atoms with E-state index in [1.54, 1.807) is 0 Å². The number of carbonyl (C=O) groups is 2. The van der Waals surface area contributed by atoms with E-state index in [1.165, 1.54) is 0 Å². The van der Waals surface area contributed by atoms with Gasteiger partial charge in [-0.15, -0.1) is 0 Å². The molecule has 0 saturated heterocycles. The van der Waals surface area contributed by atoms with E-state index < -0.39 is 18.2 Å². The largest absolute Gasteiger partial charge is 0.465 e. The Morgan fingerprint density at radius 1 is 1.00 bits per heavy atom. The molecule has 4 rings (SSSR count). The highest BCUT2D eigenvalue weighted by atomic mass is 16.4. The minimum absolute atomic E-state index is 0.0508. The molecule has 150 valence electrons. The van der Waals surface area contributed by atoms with E-state index in [1.807, 2.05) is 85.8 Å². The minimum atomic E-state index is -1.22. The number of para-hydroxylation sites is 1. The van der Waals surface area contributed by atoms with E-state index in [0.717, 1.165) is 27.2 Å². The Bertz CT molecular complexity index is 1110. The van der Waals surface area contributed by atoms with Gasteiger partial charge in [-0.05, 0) is 18.1 Å². The van der Waals surface area contributed by atoms with E-state index in [0.29, 0.717) is 11.4 Å². The summed E-state index contributed by atoms with van der Waals surface area (Å²) >= 11 is 0. The van der Waals surface area contributed by atoms with Gasteiger partial charge in [0.25, 0.3) is 5.91 Å². The molecule has 0 aromatic heterocycles. The molecular weight excluding hydrogens is 378 g/mol. The number of anilines is 1. The number of aryl methyl sites for hydroxylation is 1. The van der Waals surface area contributed by atoms with E-state index in [-0.39, 0.29) is 6.54 Å². The van der Waals surface area contributed by atoms with Crippen molar-refractivity contribution in [3.8, 4) is 0 Å². The normalized spacial score (nSPS) is 15.4. The number of hydrogen-bond acceptors (Lipinski definition) is 3. The summed E-state index contributed by atoms with van der Waals surface area (Å²) in [5, 5.41) is 12.8. The summed E-state index contributed by atoms with van der Waals surface area (Å²) in [6.07, 6.45) is -2.43. The molecule has 0 spiro atoms. The lowest BCUT2D eigenvalue weighted by Gasteiger charge is -2.25. The number of carbonyl (C=O) groups excluding carboxylic acids is 1. The zero-order valence-electron chi connectivity index (χ0n) is 16.4. The maximum atomic E-state index is 13.1. The van der Waals surface area contributed by atoms with Gasteiger partial charge < -0.3 is 10.4 Å². The Morgan fingerprint density at radius 2 is 1.67 bits per heavy atom. The van der Waals surface area contributed by atoms with Crippen molar-refractivity contribution in [2.75, 3.05) is 5.32 Å². The highest BCUT2D eigenvalue weighted by Crippen LogP contribution is 2.28. The molecular formula is C24H21N3O3. The van der Waals surface area contributed by atoms with Crippen LogP contribution in [0.1, 0.15) is 22.3 Å². The van der Waals surface area contributed by atoms with Crippen molar-refractivity contribution in [2.24, 2.45) is 4.99 Å². The molecule has 2 N–H and O–H groups in total. The SMILES string of the molecule is Cc1cccc2c1NC(=O)C(N(Cc1ccccc1)C(=O)O)N=C2c1ccccc1. The lowest BCUT2D eigenvalue weighted by molar-refractivity contribution is -0.120. The molecule has 0 bridgehead atoms. The van der Waals surface area contributed by atoms with E-state index in [9.17, 15) is 14.7 Å². The van der Waals surface area contributed by atoms with Gasteiger partial charge in [-0.1, -0.05) is 78.9 Å². The fourth-order valence-electron chi connectivity index (χ4n) is 3.55. The molecule has 3 aromatic carbocycles. The lowest BCUT2D eigenvalue weighted by atomic mass is 9.98. The van der Waals surface area contributed by atoms with Crippen molar-refractivity contribution < 1.29 is 14.7 Å². The van der Waals surface area contributed by atoms with Gasteiger partial charge in [0, 0.05) is 11.1 Å². The smallest absolute Gasteiger partial charge is 0.409 e. The molecule has 0 fully saturated rings. The van der Waals surface area contributed by atoms with Gasteiger partial charge in [0.2, 0.25) is 6.17 Å². The molecule has 0 radical (unpaired) electrons. The third-order valence-electron chi connectivity index (χ3n) is 5.05. The summed E-state index contributed by atoms with van der Waals surface area (Å²) in [6, 6.07) is 24.4. The van der Waals surface area contributed by atoms with Crippen LogP contribution in [-0.4, -0.2) is 33.9 Å². The molecule has 30 heavy (non-hydrogen) atoms. The average Bonchev–Trinajstić information content (AvgIpc) is 2.90. The van der Waals surface area contributed by atoms with Crippen molar-refractivity contribution in [1.82, 2.24) is 4.90 Å². The van der Waals surface area contributed by atoms with Gasteiger partial charge in [0.05, 0.1) is 17.9 Å². The van der Waals surface area contributed by atoms with Crippen LogP contribution in [0.3, 0.4) is 0 Å². The molecule has 1 heterocycles. The predicted octanol–water partition coefficient (Wildman–Crippen LogP) is 4.29. The quantitative estimate of drug-likeness (QED) is 0.687. The van der Waals surface area contributed by atoms with Crippen LogP contribution in [-0.2, 0) is 11.3 Å². The van der Waals surface area contributed by atoms with Crippen LogP contribution >= 0.6 is 0 Å². The topological polar surface area (TPSA) is 82.0 Å². The number of nitrogens with zero attached hydrogens (tertiary/aromatic N) is 2. The maximum Gasteiger partial charge on any atom is 0.409 e. The predicted molar refractivity (Wildman–Crippen MR) is 116 cm³/mol. The van der Waals surface area contributed by atoms with Crippen LogP contribution in [0.25, 0.3) is 0 Å². The van der Waals surface area contributed by atoms with Gasteiger partial charge in [0.1, 0.15) is 0 Å². The number of benzodiazepines with no additional fused rings is 1. The highest BCUT2D eigenvalue weighted by Gasteiger charge is 2.33. The van der Waals surface area contributed by atoms with Crippen LogP contribution in [0.4, 0.5) is 10.5 Å². The first-order valence-corrected chi connectivity index (χ1v) is 9.62. The number of benzene rings is 3. The molecule has 3 aromatic rings. The number of hydrogen-bond donors (Lipinski definition) is 2. The Morgan fingerprint density at radius 3 is 2.33 bits per heavy atom. The molecule has 1 unspecified atom stereocenters. The molecule has 1 aliphatic rings. The van der Waals surface area contributed by atoms with Crippen LogP contribution in [0.5, 0.6) is 0 Å². The second kappa shape index (κ2) is 8.21. The van der Waals surface area contributed by atoms with E-state index >= 15 is 0 Å². The van der Waals surface area contributed by atoms with Crippen LogP contribution < -0.4 is 5.32 Å². The Labute approximate surface area is 174 Å². The van der Waals surface area contributed by atoms with Gasteiger partial charge in [0.15, 0.2) is 0 Å². The molecule has 6 nitrogen and oxygen atoms in total. The first-order chi connectivity index (χ1) is 14.5. The second-order valence-electron chi connectivity index (χ2n) is 7.10. The van der Waals surface area contributed by atoms with Crippen LogP contribution in [0.15, 0.2) is 83.9 Å². The standard InChI is InChI=1S/C24H21N3O3/c1-16-9-8-14-19-20(16)26-23(28)22(25-21(19)18-12-6-3-7-13-18)27(24(29)30)15-17-10-4-2-5-11-17/h2-14,22H,15H2,1H3,(H,26,28)(H,29,30). The average molecular weight is 399 g/mol.